The summed E-state index contributed by atoms with van der Waals surface area (Å²) in [7, 11) is 0. The molecule has 0 amide bonds. The van der Waals surface area contributed by atoms with Gasteiger partial charge in [0.25, 0.3) is 0 Å². The van der Waals surface area contributed by atoms with Crippen LogP contribution in [0.15, 0.2) is 48.0 Å². The van der Waals surface area contributed by atoms with Crippen LogP contribution in [0.25, 0.3) is 10.6 Å². The van der Waals surface area contributed by atoms with Gasteiger partial charge in [-0.25, -0.2) is 15.0 Å². The number of nitrogens with zero attached hydrogens (tertiary/aromatic N) is 3. The van der Waals surface area contributed by atoms with Gasteiger partial charge in [-0.05, 0) is 44.2 Å². The van der Waals surface area contributed by atoms with Crippen LogP contribution in [-0.2, 0) is 6.61 Å². The molecular weight excluding hydrogens is 412 g/mol. The monoisotopic (exact) mass is 428 g/mol. The minimum absolute atomic E-state index is 0.445. The van der Waals surface area contributed by atoms with Crippen molar-refractivity contribution < 1.29 is 4.74 Å². The second-order valence-electron chi connectivity index (χ2n) is 6.10. The fraction of sp³-hybridized carbons (Fsp3) is 0.150. The summed E-state index contributed by atoms with van der Waals surface area (Å²) in [5.74, 6) is 1.52. The van der Waals surface area contributed by atoms with Crippen molar-refractivity contribution in [2.24, 2.45) is 0 Å². The molecule has 0 aliphatic rings. The molecule has 0 atom stereocenters. The van der Waals surface area contributed by atoms with Crippen molar-refractivity contribution in [3.8, 4) is 16.3 Å². The van der Waals surface area contributed by atoms with Crippen molar-refractivity contribution >= 4 is 45.2 Å². The summed E-state index contributed by atoms with van der Waals surface area (Å²) in [6, 6.07) is 11.2. The smallest absolute Gasteiger partial charge is 0.188 e. The van der Waals surface area contributed by atoms with Gasteiger partial charge in [0.05, 0.1) is 21.3 Å². The van der Waals surface area contributed by atoms with Gasteiger partial charge in [0, 0.05) is 22.2 Å². The third-order valence-electron chi connectivity index (χ3n) is 3.92. The van der Waals surface area contributed by atoms with Gasteiger partial charge in [0.15, 0.2) is 5.13 Å². The second-order valence-corrected chi connectivity index (χ2v) is 8.60. The highest BCUT2D eigenvalue weighted by Gasteiger charge is 2.11. The summed E-state index contributed by atoms with van der Waals surface area (Å²) in [4.78, 5) is 14.7. The summed E-state index contributed by atoms with van der Waals surface area (Å²) in [5, 5.41) is 7.83. The second kappa shape index (κ2) is 8.26. The topological polar surface area (TPSA) is 59.9 Å². The van der Waals surface area contributed by atoms with Gasteiger partial charge in [-0.2, -0.15) is 0 Å². The molecule has 4 aromatic rings. The maximum Gasteiger partial charge on any atom is 0.188 e. The van der Waals surface area contributed by atoms with Crippen LogP contribution in [0.5, 0.6) is 5.75 Å². The normalized spacial score (nSPS) is 10.8. The van der Waals surface area contributed by atoms with Crippen LogP contribution in [0, 0.1) is 13.8 Å². The quantitative estimate of drug-likeness (QED) is 0.393. The zero-order valence-corrected chi connectivity index (χ0v) is 17.7. The number of rotatable bonds is 6. The third kappa shape index (κ3) is 4.49. The van der Waals surface area contributed by atoms with Crippen molar-refractivity contribution in [3.63, 3.8) is 0 Å². The number of anilines is 2. The van der Waals surface area contributed by atoms with Gasteiger partial charge < -0.3 is 10.1 Å². The van der Waals surface area contributed by atoms with Gasteiger partial charge >= 0.3 is 0 Å². The zero-order valence-electron chi connectivity index (χ0n) is 15.3. The molecule has 0 bridgehead atoms. The number of aryl methyl sites for hydroxylation is 2. The predicted octanol–water partition coefficient (Wildman–Crippen LogP) is 6.25. The summed E-state index contributed by atoms with van der Waals surface area (Å²) in [6.45, 7) is 4.47. The number of hydrogen-bond donors (Lipinski definition) is 1. The first-order valence-corrected chi connectivity index (χ1v) is 10.6. The minimum atomic E-state index is 0.445. The molecule has 0 saturated carbocycles. The fourth-order valence-electron chi connectivity index (χ4n) is 2.60. The number of hydrogen-bond acceptors (Lipinski definition) is 7. The Bertz CT molecular complexity index is 1070. The van der Waals surface area contributed by atoms with Crippen LogP contribution in [-0.4, -0.2) is 15.0 Å². The Morgan fingerprint density at radius 2 is 1.89 bits per heavy atom. The number of aromatic nitrogens is 3. The van der Waals surface area contributed by atoms with E-state index < -0.39 is 0 Å². The molecule has 0 spiro atoms. The van der Waals surface area contributed by atoms with Gasteiger partial charge in [-0.3, -0.25) is 0 Å². The largest absolute Gasteiger partial charge is 0.489 e. The molecule has 0 aliphatic heterocycles. The Hall–Kier alpha value is -2.48. The Labute approximate surface area is 176 Å². The van der Waals surface area contributed by atoms with Crippen molar-refractivity contribution in [1.29, 1.82) is 0 Å². The Kier molecular flexibility index (Phi) is 5.57. The first-order chi connectivity index (χ1) is 13.6. The lowest BCUT2D eigenvalue weighted by atomic mass is 10.3. The molecule has 3 aromatic heterocycles. The molecule has 3 heterocycles. The highest BCUT2D eigenvalue weighted by Crippen LogP contribution is 2.32. The number of ether oxygens (including phenoxy) is 1. The molecule has 142 valence electrons. The molecule has 0 radical (unpaired) electrons. The van der Waals surface area contributed by atoms with E-state index in [1.165, 1.54) is 0 Å². The molecular formula is C20H17ClN4OS2. The lowest BCUT2D eigenvalue weighted by molar-refractivity contribution is 0.306. The molecule has 1 N–H and O–H groups in total. The van der Waals surface area contributed by atoms with Crippen LogP contribution in [0.4, 0.5) is 10.9 Å². The van der Waals surface area contributed by atoms with E-state index in [0.717, 1.165) is 43.5 Å². The minimum Gasteiger partial charge on any atom is -0.489 e. The molecule has 8 heteroatoms. The van der Waals surface area contributed by atoms with Crippen LogP contribution in [0.3, 0.4) is 0 Å². The van der Waals surface area contributed by atoms with E-state index in [4.69, 9.17) is 16.3 Å². The molecule has 0 fully saturated rings. The lowest BCUT2D eigenvalue weighted by Gasteiger charge is -2.07. The van der Waals surface area contributed by atoms with Crippen molar-refractivity contribution in [1.82, 2.24) is 15.0 Å². The van der Waals surface area contributed by atoms with Crippen molar-refractivity contribution in [2.75, 3.05) is 5.32 Å². The van der Waals surface area contributed by atoms with E-state index in [2.05, 4.69) is 20.3 Å². The summed E-state index contributed by atoms with van der Waals surface area (Å²) < 4.78 is 5.74. The number of benzene rings is 1. The fourth-order valence-corrected chi connectivity index (χ4v) is 4.38. The first kappa shape index (κ1) is 18.9. The van der Waals surface area contributed by atoms with E-state index in [1.54, 1.807) is 41.0 Å². The van der Waals surface area contributed by atoms with E-state index in [9.17, 15) is 0 Å². The van der Waals surface area contributed by atoms with E-state index in [1.807, 2.05) is 43.5 Å². The number of thiazole rings is 2. The van der Waals surface area contributed by atoms with Crippen molar-refractivity contribution in [3.05, 3.63) is 69.3 Å². The predicted molar refractivity (Wildman–Crippen MR) is 116 cm³/mol. The number of pyridine rings is 1. The Morgan fingerprint density at radius 3 is 2.57 bits per heavy atom. The molecule has 0 saturated heterocycles. The molecule has 1 aromatic carbocycles. The SMILES string of the molecule is Cc1nc(C)c(-c2csc(Nc3ccc(COc4ccc(Cl)cc4)cn3)n2)s1. The highest BCUT2D eigenvalue weighted by molar-refractivity contribution is 7.16. The van der Waals surface area contributed by atoms with Crippen LogP contribution >= 0.6 is 34.3 Å². The number of nitrogens with one attached hydrogen (secondary N) is 1. The molecule has 4 rings (SSSR count). The molecule has 0 unspecified atom stereocenters. The van der Waals surface area contributed by atoms with E-state index >= 15 is 0 Å². The van der Waals surface area contributed by atoms with Crippen molar-refractivity contribution in [2.45, 2.75) is 20.5 Å². The summed E-state index contributed by atoms with van der Waals surface area (Å²) >= 11 is 9.09. The van der Waals surface area contributed by atoms with E-state index in [-0.39, 0.29) is 0 Å². The van der Waals surface area contributed by atoms with E-state index in [0.29, 0.717) is 11.6 Å². The van der Waals surface area contributed by atoms with Gasteiger partial charge in [0.2, 0.25) is 0 Å². The highest BCUT2D eigenvalue weighted by atomic mass is 35.5. The van der Waals surface area contributed by atoms with Crippen LogP contribution < -0.4 is 10.1 Å². The average molecular weight is 429 g/mol. The molecule has 5 nitrogen and oxygen atoms in total. The maximum atomic E-state index is 5.88. The number of halogens is 1. The Balaban J connectivity index is 1.38. The summed E-state index contributed by atoms with van der Waals surface area (Å²) in [5.41, 5.74) is 2.95. The van der Waals surface area contributed by atoms with Crippen LogP contribution in [0.1, 0.15) is 16.3 Å². The van der Waals surface area contributed by atoms with Gasteiger partial charge in [0.1, 0.15) is 18.2 Å². The maximum absolute atomic E-state index is 5.88. The first-order valence-electron chi connectivity index (χ1n) is 8.57. The van der Waals surface area contributed by atoms with Gasteiger partial charge in [-0.1, -0.05) is 17.7 Å². The van der Waals surface area contributed by atoms with Gasteiger partial charge in [-0.15, -0.1) is 22.7 Å². The standard InChI is InChI=1S/C20H17ClN4OS2/c1-12-19(28-13(2)23-12)17-11-27-20(24-17)25-18-8-3-14(9-22-18)10-26-16-6-4-15(21)5-7-16/h3-9,11H,10H2,1-2H3,(H,22,24,25). The third-order valence-corrected chi connectivity index (χ3v) is 6.02. The lowest BCUT2D eigenvalue weighted by Crippen LogP contribution is -1.98. The summed E-state index contributed by atoms with van der Waals surface area (Å²) in [6.07, 6.45) is 1.80. The molecule has 28 heavy (non-hydrogen) atoms. The zero-order chi connectivity index (χ0) is 19.5. The van der Waals surface area contributed by atoms with Crippen LogP contribution in [0.2, 0.25) is 5.02 Å². The average Bonchev–Trinajstić information content (AvgIpc) is 3.28. The Morgan fingerprint density at radius 1 is 1.07 bits per heavy atom. The molecule has 0 aliphatic carbocycles.